The number of nitriles is 1. The van der Waals surface area contributed by atoms with E-state index in [0.29, 0.717) is 15.2 Å². The molecule has 0 unspecified atom stereocenters. The first-order valence-electron chi connectivity index (χ1n) is 5.94. The maximum absolute atomic E-state index is 12.0. The largest absolute Gasteiger partial charge is 0.504 e. The van der Waals surface area contributed by atoms with Gasteiger partial charge in [0.2, 0.25) is 0 Å². The number of ether oxygens (including phenoxy) is 1. The Labute approximate surface area is 138 Å². The minimum absolute atomic E-state index is 0.0884. The van der Waals surface area contributed by atoms with E-state index < -0.39 is 5.91 Å². The summed E-state index contributed by atoms with van der Waals surface area (Å²) in [6.07, 6.45) is 2.92. The molecule has 6 nitrogen and oxygen atoms in total. The molecule has 1 amide bonds. The van der Waals surface area contributed by atoms with Crippen LogP contribution < -0.4 is 10.1 Å². The van der Waals surface area contributed by atoms with Gasteiger partial charge >= 0.3 is 0 Å². The Kier molecular flexibility index (Phi) is 5.14. The number of nitrogens with zero attached hydrogens (tertiary/aromatic N) is 2. The lowest BCUT2D eigenvalue weighted by Gasteiger charge is -2.07. The van der Waals surface area contributed by atoms with Crippen molar-refractivity contribution in [2.75, 3.05) is 12.4 Å². The number of amides is 1. The molecule has 0 aliphatic heterocycles. The normalized spacial score (nSPS) is 10.9. The topological polar surface area (TPSA) is 95.2 Å². The number of methoxy groups -OCH3 is 1. The van der Waals surface area contributed by atoms with Gasteiger partial charge < -0.3 is 9.84 Å². The second-order valence-electron chi connectivity index (χ2n) is 4.01. The average Bonchev–Trinajstić information content (AvgIpc) is 3.00. The van der Waals surface area contributed by atoms with E-state index in [1.807, 2.05) is 6.07 Å². The van der Waals surface area contributed by atoms with E-state index in [-0.39, 0.29) is 17.1 Å². The van der Waals surface area contributed by atoms with Crippen LogP contribution in [0.15, 0.2) is 33.8 Å². The molecule has 0 aliphatic rings. The number of anilines is 1. The number of halogens is 1. The van der Waals surface area contributed by atoms with Crippen LogP contribution in [-0.2, 0) is 4.79 Å². The summed E-state index contributed by atoms with van der Waals surface area (Å²) in [7, 11) is 1.43. The van der Waals surface area contributed by atoms with E-state index in [9.17, 15) is 9.90 Å². The number of phenolic OH excluding ortho intramolecular Hbond substituents is 1. The molecule has 1 aromatic heterocycles. The predicted octanol–water partition coefficient (Wildman–Crippen LogP) is 3.17. The molecule has 0 atom stereocenters. The smallest absolute Gasteiger partial charge is 0.268 e. The molecule has 112 valence electrons. The van der Waals surface area contributed by atoms with Crippen molar-refractivity contribution in [3.8, 4) is 17.6 Å². The number of thiazole rings is 1. The van der Waals surface area contributed by atoms with Crippen molar-refractivity contribution in [3.63, 3.8) is 0 Å². The number of nitrogens with one attached hydrogen (secondary N) is 1. The molecule has 1 heterocycles. The van der Waals surface area contributed by atoms with Crippen LogP contribution in [0.5, 0.6) is 11.5 Å². The summed E-state index contributed by atoms with van der Waals surface area (Å²) in [4.78, 5) is 15.9. The Bertz CT molecular complexity index is 766. The molecule has 2 rings (SSSR count). The van der Waals surface area contributed by atoms with E-state index in [4.69, 9.17) is 10.00 Å². The summed E-state index contributed by atoms with van der Waals surface area (Å²) in [5.41, 5.74) is 0.365. The zero-order chi connectivity index (χ0) is 16.1. The second-order valence-corrected chi connectivity index (χ2v) is 5.76. The van der Waals surface area contributed by atoms with E-state index in [1.54, 1.807) is 17.6 Å². The molecule has 2 aromatic rings. The number of hydrogen-bond acceptors (Lipinski definition) is 6. The molecule has 0 aliphatic carbocycles. The van der Waals surface area contributed by atoms with Gasteiger partial charge in [-0.1, -0.05) is 15.9 Å². The first-order chi connectivity index (χ1) is 10.5. The van der Waals surface area contributed by atoms with Crippen LogP contribution in [0.25, 0.3) is 6.08 Å². The van der Waals surface area contributed by atoms with Crippen LogP contribution in [0.1, 0.15) is 5.56 Å². The van der Waals surface area contributed by atoms with Gasteiger partial charge in [-0.05, 0) is 23.8 Å². The molecule has 2 N–H and O–H groups in total. The van der Waals surface area contributed by atoms with Crippen molar-refractivity contribution in [2.45, 2.75) is 0 Å². The lowest BCUT2D eigenvalue weighted by atomic mass is 10.1. The Morgan fingerprint density at radius 2 is 2.36 bits per heavy atom. The molecule has 0 fully saturated rings. The van der Waals surface area contributed by atoms with Crippen LogP contribution in [0, 0.1) is 11.3 Å². The molecular weight excluding hydrogens is 370 g/mol. The maximum atomic E-state index is 12.0. The first-order valence-corrected chi connectivity index (χ1v) is 7.61. The van der Waals surface area contributed by atoms with Gasteiger partial charge in [-0.15, -0.1) is 11.3 Å². The lowest BCUT2D eigenvalue weighted by Crippen LogP contribution is -2.13. The Hall–Kier alpha value is -2.37. The third kappa shape index (κ3) is 3.63. The summed E-state index contributed by atoms with van der Waals surface area (Å²) in [6.45, 7) is 0. The van der Waals surface area contributed by atoms with Crippen LogP contribution in [0.3, 0.4) is 0 Å². The fraction of sp³-hybridized carbons (Fsp3) is 0.0714. The predicted molar refractivity (Wildman–Crippen MR) is 86.7 cm³/mol. The molecule has 0 bridgehead atoms. The highest BCUT2D eigenvalue weighted by Gasteiger charge is 2.13. The summed E-state index contributed by atoms with van der Waals surface area (Å²) in [5, 5.41) is 23.6. The summed E-state index contributed by atoms with van der Waals surface area (Å²) < 4.78 is 5.56. The van der Waals surface area contributed by atoms with Gasteiger partial charge in [0.1, 0.15) is 11.6 Å². The fourth-order valence-electron chi connectivity index (χ4n) is 1.59. The highest BCUT2D eigenvalue weighted by atomic mass is 79.9. The summed E-state index contributed by atoms with van der Waals surface area (Å²) >= 11 is 4.55. The molecule has 0 saturated carbocycles. The summed E-state index contributed by atoms with van der Waals surface area (Å²) in [6, 6.07) is 4.78. The molecule has 1 aromatic carbocycles. The Balaban J connectivity index is 2.31. The van der Waals surface area contributed by atoms with Gasteiger partial charge in [0, 0.05) is 16.0 Å². The molecule has 0 saturated heterocycles. The Morgan fingerprint density at radius 3 is 2.95 bits per heavy atom. The highest BCUT2D eigenvalue weighted by molar-refractivity contribution is 9.10. The third-order valence-electron chi connectivity index (χ3n) is 2.62. The number of benzene rings is 1. The Morgan fingerprint density at radius 1 is 1.59 bits per heavy atom. The van der Waals surface area contributed by atoms with E-state index in [0.717, 1.165) is 0 Å². The zero-order valence-electron chi connectivity index (χ0n) is 11.3. The van der Waals surface area contributed by atoms with Crippen molar-refractivity contribution in [1.29, 1.82) is 5.26 Å². The van der Waals surface area contributed by atoms with Crippen molar-refractivity contribution in [3.05, 3.63) is 39.3 Å². The van der Waals surface area contributed by atoms with Gasteiger partial charge in [-0.3, -0.25) is 10.1 Å². The standard InChI is InChI=1S/C14H10BrN3O3S/c1-21-12-6-10(15)8(5-11(12)19)4-9(7-16)13(20)18-14-17-2-3-22-14/h2-6,19H,1H3,(H,17,18,20)/b9-4-. The van der Waals surface area contributed by atoms with Gasteiger partial charge in [-0.2, -0.15) is 5.26 Å². The fourth-order valence-corrected chi connectivity index (χ4v) is 2.55. The number of aromatic hydroxyl groups is 1. The van der Waals surface area contributed by atoms with Crippen molar-refractivity contribution in [2.24, 2.45) is 0 Å². The third-order valence-corrected chi connectivity index (χ3v) is 3.99. The van der Waals surface area contributed by atoms with Gasteiger partial charge in [0.05, 0.1) is 7.11 Å². The van der Waals surface area contributed by atoms with Gasteiger partial charge in [-0.25, -0.2) is 4.98 Å². The van der Waals surface area contributed by atoms with Crippen molar-refractivity contribution >= 4 is 44.4 Å². The zero-order valence-corrected chi connectivity index (χ0v) is 13.7. The number of rotatable bonds is 4. The quantitative estimate of drug-likeness (QED) is 0.628. The average molecular weight is 380 g/mol. The first kappa shape index (κ1) is 16.0. The lowest BCUT2D eigenvalue weighted by molar-refractivity contribution is -0.112. The number of aromatic nitrogens is 1. The maximum Gasteiger partial charge on any atom is 0.268 e. The molecular formula is C14H10BrN3O3S. The van der Waals surface area contributed by atoms with E-state index >= 15 is 0 Å². The van der Waals surface area contributed by atoms with Crippen molar-refractivity contribution in [1.82, 2.24) is 4.98 Å². The van der Waals surface area contributed by atoms with E-state index in [2.05, 4.69) is 26.2 Å². The number of phenols is 1. The summed E-state index contributed by atoms with van der Waals surface area (Å²) in [5.74, 6) is -0.371. The van der Waals surface area contributed by atoms with Crippen molar-refractivity contribution < 1.29 is 14.6 Å². The highest BCUT2D eigenvalue weighted by Crippen LogP contribution is 2.33. The van der Waals surface area contributed by atoms with Crippen LogP contribution >= 0.6 is 27.3 Å². The van der Waals surface area contributed by atoms with Crippen LogP contribution in [-0.4, -0.2) is 23.1 Å². The van der Waals surface area contributed by atoms with Crippen LogP contribution in [0.2, 0.25) is 0 Å². The number of carbonyl (C=O) groups excluding carboxylic acids is 1. The molecule has 0 radical (unpaired) electrons. The van der Waals surface area contributed by atoms with Gasteiger partial charge in [0.15, 0.2) is 16.6 Å². The molecule has 0 spiro atoms. The van der Waals surface area contributed by atoms with E-state index in [1.165, 1.54) is 30.6 Å². The second kappa shape index (κ2) is 7.06. The monoisotopic (exact) mass is 379 g/mol. The SMILES string of the molecule is COc1cc(Br)c(/C=C(/C#N)C(=O)Nc2nccs2)cc1O. The molecule has 8 heteroatoms. The molecule has 22 heavy (non-hydrogen) atoms. The number of carbonyl (C=O) groups is 1. The minimum atomic E-state index is -0.570. The minimum Gasteiger partial charge on any atom is -0.504 e. The van der Waals surface area contributed by atoms with Gasteiger partial charge in [0.25, 0.3) is 5.91 Å². The van der Waals surface area contributed by atoms with Crippen LogP contribution in [0.4, 0.5) is 5.13 Å². The number of hydrogen-bond donors (Lipinski definition) is 2.